The first-order valence-electron chi connectivity index (χ1n) is 21.3. The topological polar surface area (TPSA) is 106 Å². The number of aryl methyl sites for hydroxylation is 1. The largest absolute Gasteiger partial charge is 0.417 e. The molecule has 0 spiro atoms. The molecule has 0 saturated heterocycles. The molecule has 2 aliphatic rings. The van der Waals surface area contributed by atoms with Gasteiger partial charge in [-0.1, -0.05) is 78.1 Å². The third-order valence-corrected chi connectivity index (χ3v) is 12.4. The van der Waals surface area contributed by atoms with Crippen molar-refractivity contribution in [2.75, 3.05) is 13.1 Å². The maximum Gasteiger partial charge on any atom is 0.417 e. The molecule has 8 rings (SSSR count). The van der Waals surface area contributed by atoms with Crippen LogP contribution in [0.3, 0.4) is 0 Å². The Morgan fingerprint density at radius 3 is 1.25 bits per heavy atom. The van der Waals surface area contributed by atoms with E-state index >= 15 is 31.1 Å². The van der Waals surface area contributed by atoms with E-state index in [2.05, 4.69) is 9.97 Å². The van der Waals surface area contributed by atoms with Crippen LogP contribution in [0, 0.1) is 6.92 Å². The number of carbonyl (C=O) groups is 4. The molecule has 0 bridgehead atoms. The van der Waals surface area contributed by atoms with Crippen molar-refractivity contribution in [3.05, 3.63) is 68.8 Å². The van der Waals surface area contributed by atoms with E-state index in [1.54, 1.807) is 0 Å². The lowest BCUT2D eigenvalue weighted by molar-refractivity contribution is -0.142. The third kappa shape index (κ3) is 7.18. The van der Waals surface area contributed by atoms with Crippen molar-refractivity contribution in [1.29, 1.82) is 0 Å². The number of amides is 4. The molecule has 0 atom stereocenters. The third-order valence-electron chi connectivity index (χ3n) is 12.4. The zero-order valence-corrected chi connectivity index (χ0v) is 34.6. The number of hydrogen-bond donors (Lipinski definition) is 2. The van der Waals surface area contributed by atoms with Gasteiger partial charge in [-0.3, -0.25) is 29.0 Å². The van der Waals surface area contributed by atoms with E-state index in [1.165, 1.54) is 13.0 Å². The molecule has 17 heteroatoms. The van der Waals surface area contributed by atoms with Crippen molar-refractivity contribution in [3.8, 4) is 0 Å². The molecule has 2 N–H and O–H groups in total. The number of nitrogens with zero attached hydrogens (tertiary/aromatic N) is 2. The number of aromatic nitrogens is 2. The van der Waals surface area contributed by atoms with Crippen LogP contribution in [0.1, 0.15) is 155 Å². The van der Waals surface area contributed by atoms with Gasteiger partial charge in [0.2, 0.25) is 0 Å². The predicted octanol–water partition coefficient (Wildman–Crippen LogP) is 13.4. The minimum atomic E-state index is -5.47. The summed E-state index contributed by atoms with van der Waals surface area (Å²) in [4.78, 5) is 66.8. The highest BCUT2D eigenvalue weighted by Gasteiger charge is 2.48. The normalized spacial score (nSPS) is 15.0. The second-order valence-electron chi connectivity index (χ2n) is 16.7. The van der Waals surface area contributed by atoms with Crippen LogP contribution in [0.4, 0.5) is 39.5 Å². The van der Waals surface area contributed by atoms with Gasteiger partial charge in [-0.25, -0.2) is 0 Å². The zero-order valence-electron chi connectivity index (χ0n) is 34.6. The summed E-state index contributed by atoms with van der Waals surface area (Å²) in [6.45, 7) is 4.91. The van der Waals surface area contributed by atoms with Gasteiger partial charge in [-0.15, -0.1) is 0 Å². The minimum absolute atomic E-state index is 0.103. The Kier molecular flexibility index (Phi) is 11.1. The van der Waals surface area contributed by atoms with Crippen LogP contribution >= 0.6 is 0 Å². The first-order valence-corrected chi connectivity index (χ1v) is 21.3. The molecule has 8 nitrogen and oxygen atoms in total. The van der Waals surface area contributed by atoms with Gasteiger partial charge in [-0.05, 0) is 49.6 Å². The lowest BCUT2D eigenvalue weighted by atomic mass is 9.80. The van der Waals surface area contributed by atoms with Crippen molar-refractivity contribution < 1.29 is 58.7 Å². The highest BCUT2D eigenvalue weighted by Crippen LogP contribution is 2.53. The van der Waals surface area contributed by atoms with E-state index in [1.807, 2.05) is 13.8 Å². The molecule has 0 saturated carbocycles. The molecule has 4 aromatic carbocycles. The van der Waals surface area contributed by atoms with Gasteiger partial charge < -0.3 is 9.97 Å². The fourth-order valence-electron chi connectivity index (χ4n) is 9.63. The Bertz CT molecular complexity index is 2900. The Morgan fingerprint density at radius 2 is 0.825 bits per heavy atom. The highest BCUT2D eigenvalue weighted by atomic mass is 19.4. The van der Waals surface area contributed by atoms with Crippen LogP contribution in [-0.2, 0) is 18.5 Å². The van der Waals surface area contributed by atoms with Crippen molar-refractivity contribution in [3.63, 3.8) is 0 Å². The van der Waals surface area contributed by atoms with Crippen LogP contribution in [0.25, 0.3) is 54.4 Å². The van der Waals surface area contributed by atoms with E-state index in [9.17, 15) is 27.6 Å². The van der Waals surface area contributed by atoms with Gasteiger partial charge in [0, 0.05) is 56.4 Å². The standard InChI is InChI=1S/C46H43F9N4O4/c1-4-6-8-10-12-14-16-58-40(60)34-30-31-36(38-32(34)28-24(45(50,51)52)18-22(3)19-26(28)56-38)42(62)59(17-15-13-11-9-7-5-2)43(63)37(31)39-33(35(30)41(58)61)29-25(46(53,54)55)20-23(44(47,48)49)21-27(29)57-39/h18-21,56-57H,4-17H2,1-3H3. The lowest BCUT2D eigenvalue weighted by Gasteiger charge is -2.33. The summed E-state index contributed by atoms with van der Waals surface area (Å²) in [5.41, 5.74) is -8.27. The van der Waals surface area contributed by atoms with Gasteiger partial charge >= 0.3 is 18.5 Å². The Labute approximate surface area is 354 Å². The summed E-state index contributed by atoms with van der Waals surface area (Å²) in [5, 5.41) is -3.40. The summed E-state index contributed by atoms with van der Waals surface area (Å²) >= 11 is 0. The number of nitrogens with one attached hydrogen (secondary N) is 2. The first-order chi connectivity index (χ1) is 29.7. The van der Waals surface area contributed by atoms with Crippen molar-refractivity contribution in [1.82, 2.24) is 19.8 Å². The van der Waals surface area contributed by atoms with Gasteiger partial charge in [0.15, 0.2) is 0 Å². The number of benzene rings is 4. The smallest absolute Gasteiger partial charge is 0.354 e. The number of carbonyl (C=O) groups excluding carboxylic acids is 4. The number of imide groups is 2. The molecule has 0 radical (unpaired) electrons. The lowest BCUT2D eigenvalue weighted by Crippen LogP contribution is -2.44. The first kappa shape index (κ1) is 44.0. The summed E-state index contributed by atoms with van der Waals surface area (Å²) in [6, 6.07) is 2.55. The molecule has 0 aliphatic carbocycles. The fourth-order valence-corrected chi connectivity index (χ4v) is 9.63. The van der Waals surface area contributed by atoms with Gasteiger partial charge in [0.1, 0.15) is 0 Å². The Morgan fingerprint density at radius 1 is 0.444 bits per heavy atom. The number of hydrogen-bond acceptors (Lipinski definition) is 4. The predicted molar refractivity (Wildman–Crippen MR) is 220 cm³/mol. The number of rotatable bonds is 14. The minimum Gasteiger partial charge on any atom is -0.354 e. The number of fused-ring (bicyclic) bond motifs is 10. The SMILES string of the molecule is CCCCCCCCN1C(=O)c2c3[nH]c4cc(C)cc(C(F)(F)F)c4c3c3c4c(c5c([nH]c6cc(C(F)(F)F)cc(C(F)(F)F)c65)c(c24)C1=O)C(=O)N(CCCCCCCC)C3=O. The molecule has 63 heavy (non-hydrogen) atoms. The number of alkyl halides is 9. The van der Waals surface area contributed by atoms with Crippen molar-refractivity contribution in [2.24, 2.45) is 0 Å². The van der Waals surface area contributed by atoms with Gasteiger partial charge in [0.25, 0.3) is 23.6 Å². The average molecular weight is 887 g/mol. The van der Waals surface area contributed by atoms with Crippen LogP contribution in [0.2, 0.25) is 0 Å². The molecule has 6 aromatic rings. The molecular formula is C46H43F9N4O4. The number of aromatic amines is 2. The van der Waals surface area contributed by atoms with E-state index in [0.717, 1.165) is 60.8 Å². The average Bonchev–Trinajstić information content (AvgIpc) is 3.77. The fraction of sp³-hybridized carbons (Fsp3) is 0.435. The van der Waals surface area contributed by atoms with E-state index in [-0.39, 0.29) is 54.0 Å². The molecular weight excluding hydrogens is 844 g/mol. The molecule has 0 fully saturated rings. The van der Waals surface area contributed by atoms with Crippen LogP contribution in [-0.4, -0.2) is 56.5 Å². The van der Waals surface area contributed by atoms with E-state index in [4.69, 9.17) is 0 Å². The zero-order chi connectivity index (χ0) is 45.5. The van der Waals surface area contributed by atoms with Crippen molar-refractivity contribution >= 4 is 78.0 Å². The monoisotopic (exact) mass is 886 g/mol. The number of halogens is 9. The van der Waals surface area contributed by atoms with Gasteiger partial charge in [-0.2, -0.15) is 39.5 Å². The van der Waals surface area contributed by atoms with Gasteiger partial charge in [0.05, 0.1) is 50.0 Å². The van der Waals surface area contributed by atoms with Crippen molar-refractivity contribution in [2.45, 2.75) is 116 Å². The summed E-state index contributed by atoms with van der Waals surface area (Å²) in [6.07, 6.45) is -7.42. The summed E-state index contributed by atoms with van der Waals surface area (Å²) in [5.74, 6) is -4.31. The van der Waals surface area contributed by atoms with Crippen LogP contribution < -0.4 is 0 Å². The molecule has 334 valence electrons. The molecule has 4 amide bonds. The number of H-pyrrole nitrogens is 2. The highest BCUT2D eigenvalue weighted by molar-refractivity contribution is 6.46. The second kappa shape index (κ2) is 15.9. The number of unbranched alkanes of at least 4 members (excludes halogenated alkanes) is 10. The molecule has 2 aromatic heterocycles. The Balaban J connectivity index is 1.55. The molecule has 2 aliphatic heterocycles. The Hall–Kier alpha value is -5.61. The van der Waals surface area contributed by atoms with E-state index in [0.29, 0.717) is 25.3 Å². The molecule has 4 heterocycles. The maximum atomic E-state index is 15.1. The quantitative estimate of drug-likeness (QED) is 0.0645. The summed E-state index contributed by atoms with van der Waals surface area (Å²) < 4.78 is 134. The van der Waals surface area contributed by atoms with E-state index < -0.39 is 119 Å². The summed E-state index contributed by atoms with van der Waals surface area (Å²) in [7, 11) is 0. The van der Waals surface area contributed by atoms with Crippen LogP contribution in [0.15, 0.2) is 24.3 Å². The molecule has 0 unspecified atom stereocenters. The maximum absolute atomic E-state index is 15.1. The second-order valence-corrected chi connectivity index (χ2v) is 16.7. The van der Waals surface area contributed by atoms with Crippen LogP contribution in [0.5, 0.6) is 0 Å².